The molecule has 1 atom stereocenters. The van der Waals surface area contributed by atoms with Gasteiger partial charge in [0.1, 0.15) is 11.3 Å². The van der Waals surface area contributed by atoms with Crippen LogP contribution >= 0.6 is 11.6 Å². The van der Waals surface area contributed by atoms with Gasteiger partial charge in [0.05, 0.1) is 12.6 Å². The molecule has 7 heteroatoms. The van der Waals surface area contributed by atoms with E-state index in [-0.39, 0.29) is 11.9 Å². The molecule has 138 valence electrons. The first-order valence-corrected chi connectivity index (χ1v) is 9.12. The highest BCUT2D eigenvalue weighted by Gasteiger charge is 2.31. The van der Waals surface area contributed by atoms with E-state index in [1.807, 2.05) is 13.8 Å². The summed E-state index contributed by atoms with van der Waals surface area (Å²) < 4.78 is 5.43. The predicted octanol–water partition coefficient (Wildman–Crippen LogP) is 3.33. The predicted molar refractivity (Wildman–Crippen MR) is 102 cm³/mol. The van der Waals surface area contributed by atoms with Crippen molar-refractivity contribution in [1.82, 2.24) is 15.3 Å². The van der Waals surface area contributed by atoms with E-state index < -0.39 is 0 Å². The van der Waals surface area contributed by atoms with E-state index in [9.17, 15) is 4.79 Å². The van der Waals surface area contributed by atoms with E-state index in [1.165, 1.54) is 18.8 Å². The minimum Gasteiger partial charge on any atom is -0.477 e. The van der Waals surface area contributed by atoms with Gasteiger partial charge in [0.15, 0.2) is 5.82 Å². The van der Waals surface area contributed by atoms with E-state index in [0.717, 1.165) is 24.5 Å². The van der Waals surface area contributed by atoms with Gasteiger partial charge in [-0.3, -0.25) is 4.79 Å². The maximum Gasteiger partial charge on any atom is 0.237 e. The second-order valence-electron chi connectivity index (χ2n) is 6.44. The monoisotopic (exact) mass is 374 g/mol. The summed E-state index contributed by atoms with van der Waals surface area (Å²) in [6, 6.07) is 8.41. The SMILES string of the molecule is CCOc1ncnc(N2CC(c3ccc([C@H](C)NC(C)=O)cc3)C2)c1Cl. The third-order valence-corrected chi connectivity index (χ3v) is 4.86. The fraction of sp³-hybridized carbons (Fsp3) is 0.421. The lowest BCUT2D eigenvalue weighted by Gasteiger charge is -2.40. The van der Waals surface area contributed by atoms with E-state index in [0.29, 0.717) is 23.4 Å². The van der Waals surface area contributed by atoms with Crippen molar-refractivity contribution in [2.24, 2.45) is 0 Å². The minimum absolute atomic E-state index is 0.0104. The van der Waals surface area contributed by atoms with Gasteiger partial charge in [0.25, 0.3) is 0 Å². The Balaban J connectivity index is 1.63. The molecular weight excluding hydrogens is 352 g/mol. The number of hydrogen-bond acceptors (Lipinski definition) is 5. The zero-order valence-electron chi connectivity index (χ0n) is 15.2. The molecule has 1 aromatic carbocycles. The van der Waals surface area contributed by atoms with Crippen molar-refractivity contribution in [3.05, 3.63) is 46.7 Å². The Kier molecular flexibility index (Phi) is 5.61. The van der Waals surface area contributed by atoms with Gasteiger partial charge in [-0.1, -0.05) is 35.9 Å². The molecule has 2 aromatic rings. The van der Waals surface area contributed by atoms with Crippen LogP contribution in [0.2, 0.25) is 5.02 Å². The molecule has 2 heterocycles. The number of ether oxygens (including phenoxy) is 1. The van der Waals surface area contributed by atoms with Crippen LogP contribution in [0.4, 0.5) is 5.82 Å². The van der Waals surface area contributed by atoms with Gasteiger partial charge in [-0.2, -0.15) is 0 Å². The Labute approximate surface area is 158 Å². The highest BCUT2D eigenvalue weighted by Crippen LogP contribution is 2.37. The zero-order valence-corrected chi connectivity index (χ0v) is 16.0. The summed E-state index contributed by atoms with van der Waals surface area (Å²) in [5, 5.41) is 3.36. The Morgan fingerprint density at radius 3 is 2.65 bits per heavy atom. The van der Waals surface area contributed by atoms with E-state index in [1.54, 1.807) is 0 Å². The highest BCUT2D eigenvalue weighted by molar-refractivity contribution is 6.34. The summed E-state index contributed by atoms with van der Waals surface area (Å²) in [4.78, 5) is 21.7. The second kappa shape index (κ2) is 7.91. The van der Waals surface area contributed by atoms with Crippen molar-refractivity contribution < 1.29 is 9.53 Å². The number of amides is 1. The van der Waals surface area contributed by atoms with Crippen molar-refractivity contribution in [2.75, 3.05) is 24.6 Å². The molecule has 0 spiro atoms. The fourth-order valence-corrected chi connectivity index (χ4v) is 3.38. The van der Waals surface area contributed by atoms with Crippen LogP contribution in [0.3, 0.4) is 0 Å². The summed E-state index contributed by atoms with van der Waals surface area (Å²) in [5.74, 6) is 1.56. The zero-order chi connectivity index (χ0) is 18.7. The standard InChI is InChI=1S/C19H23ClN4O2/c1-4-26-19-17(20)18(21-11-22-19)24-9-16(10-24)15-7-5-14(6-8-15)12(2)23-13(3)25/h5-8,11-12,16H,4,9-10H2,1-3H3,(H,23,25)/t12-/m0/s1. The van der Waals surface area contributed by atoms with Crippen LogP contribution in [0.15, 0.2) is 30.6 Å². The summed E-state index contributed by atoms with van der Waals surface area (Å²) in [6.45, 7) is 7.62. The molecule has 0 unspecified atom stereocenters. The average Bonchev–Trinajstić information content (AvgIpc) is 2.57. The molecule has 1 aliphatic heterocycles. The molecular formula is C19H23ClN4O2. The number of rotatable bonds is 6. The van der Waals surface area contributed by atoms with Gasteiger partial charge in [-0.15, -0.1) is 0 Å². The van der Waals surface area contributed by atoms with Crippen LogP contribution in [-0.4, -0.2) is 35.6 Å². The van der Waals surface area contributed by atoms with Crippen LogP contribution < -0.4 is 15.0 Å². The number of nitrogens with zero attached hydrogens (tertiary/aromatic N) is 3. The first kappa shape index (κ1) is 18.5. The maximum absolute atomic E-state index is 11.2. The van der Waals surface area contributed by atoms with Crippen LogP contribution in [0, 0.1) is 0 Å². The van der Waals surface area contributed by atoms with Gasteiger partial charge < -0.3 is 15.0 Å². The molecule has 1 aliphatic rings. The Bertz CT molecular complexity index is 776. The quantitative estimate of drug-likeness (QED) is 0.840. The molecule has 0 aliphatic carbocycles. The number of anilines is 1. The third-order valence-electron chi connectivity index (χ3n) is 4.53. The Hall–Kier alpha value is -2.34. The molecule has 0 saturated carbocycles. The van der Waals surface area contributed by atoms with Gasteiger partial charge in [-0.25, -0.2) is 9.97 Å². The topological polar surface area (TPSA) is 67.4 Å². The summed E-state index contributed by atoms with van der Waals surface area (Å²) >= 11 is 6.36. The average molecular weight is 375 g/mol. The van der Waals surface area contributed by atoms with Crippen molar-refractivity contribution in [1.29, 1.82) is 0 Å². The Morgan fingerprint density at radius 2 is 2.04 bits per heavy atom. The molecule has 0 radical (unpaired) electrons. The molecule has 1 N–H and O–H groups in total. The summed E-state index contributed by atoms with van der Waals surface area (Å²) in [5.41, 5.74) is 2.37. The van der Waals surface area contributed by atoms with Gasteiger partial charge >= 0.3 is 0 Å². The van der Waals surface area contributed by atoms with E-state index in [2.05, 4.69) is 44.5 Å². The van der Waals surface area contributed by atoms with E-state index in [4.69, 9.17) is 16.3 Å². The number of carbonyl (C=O) groups is 1. The van der Waals surface area contributed by atoms with Crippen molar-refractivity contribution in [2.45, 2.75) is 32.7 Å². The van der Waals surface area contributed by atoms with Crippen molar-refractivity contribution in [3.63, 3.8) is 0 Å². The number of benzene rings is 1. The number of carbonyl (C=O) groups excluding carboxylic acids is 1. The molecule has 6 nitrogen and oxygen atoms in total. The molecule has 1 amide bonds. The molecule has 0 bridgehead atoms. The first-order valence-electron chi connectivity index (χ1n) is 8.74. The smallest absolute Gasteiger partial charge is 0.237 e. The van der Waals surface area contributed by atoms with Crippen LogP contribution in [-0.2, 0) is 4.79 Å². The lowest BCUT2D eigenvalue weighted by Crippen LogP contribution is -2.45. The van der Waals surface area contributed by atoms with Crippen LogP contribution in [0.25, 0.3) is 0 Å². The summed E-state index contributed by atoms with van der Waals surface area (Å²) in [7, 11) is 0. The highest BCUT2D eigenvalue weighted by atomic mass is 35.5. The number of halogens is 1. The second-order valence-corrected chi connectivity index (χ2v) is 6.82. The number of nitrogens with one attached hydrogen (secondary N) is 1. The molecule has 1 fully saturated rings. The molecule has 26 heavy (non-hydrogen) atoms. The fourth-order valence-electron chi connectivity index (χ4n) is 3.11. The lowest BCUT2D eigenvalue weighted by molar-refractivity contribution is -0.119. The normalized spacial score (nSPS) is 15.3. The summed E-state index contributed by atoms with van der Waals surface area (Å²) in [6.07, 6.45) is 1.48. The first-order chi connectivity index (χ1) is 12.5. The van der Waals surface area contributed by atoms with Gasteiger partial charge in [-0.05, 0) is 25.0 Å². The molecule has 1 saturated heterocycles. The maximum atomic E-state index is 11.2. The Morgan fingerprint density at radius 1 is 1.35 bits per heavy atom. The minimum atomic E-state index is -0.0237. The largest absolute Gasteiger partial charge is 0.477 e. The van der Waals surface area contributed by atoms with Crippen LogP contribution in [0.1, 0.15) is 43.9 Å². The lowest BCUT2D eigenvalue weighted by atomic mass is 9.90. The number of hydrogen-bond donors (Lipinski definition) is 1. The van der Waals surface area contributed by atoms with Crippen molar-refractivity contribution in [3.8, 4) is 5.88 Å². The van der Waals surface area contributed by atoms with Gasteiger partial charge in [0, 0.05) is 25.9 Å². The number of aromatic nitrogens is 2. The van der Waals surface area contributed by atoms with Crippen molar-refractivity contribution >= 4 is 23.3 Å². The van der Waals surface area contributed by atoms with E-state index >= 15 is 0 Å². The molecule has 1 aromatic heterocycles. The van der Waals surface area contributed by atoms with Gasteiger partial charge in [0.2, 0.25) is 11.8 Å². The van der Waals surface area contributed by atoms with Crippen LogP contribution in [0.5, 0.6) is 5.88 Å². The molecule has 3 rings (SSSR count). The third kappa shape index (κ3) is 3.90.